The minimum Gasteiger partial charge on any atom is -0.396 e. The number of thiophene rings is 1. The Bertz CT molecular complexity index is 1020. The Morgan fingerprint density at radius 2 is 1.94 bits per heavy atom. The number of carbonyl (C=O) groups excluding carboxylic acids is 1. The molecular formula is C23H29N5O2S. The summed E-state index contributed by atoms with van der Waals surface area (Å²) in [5.41, 5.74) is 1.05. The van der Waals surface area contributed by atoms with Gasteiger partial charge in [-0.2, -0.15) is 4.98 Å². The summed E-state index contributed by atoms with van der Waals surface area (Å²) < 4.78 is 0. The van der Waals surface area contributed by atoms with Gasteiger partial charge in [0.1, 0.15) is 10.6 Å². The molecule has 0 spiro atoms. The smallest absolute Gasteiger partial charge is 0.227 e. The number of aryl methyl sites for hydroxylation is 1. The number of aromatic nitrogens is 2. The summed E-state index contributed by atoms with van der Waals surface area (Å²) in [5.74, 6) is 1.71. The first-order valence-corrected chi connectivity index (χ1v) is 11.7. The van der Waals surface area contributed by atoms with E-state index in [0.29, 0.717) is 38.4 Å². The first-order valence-electron chi connectivity index (χ1n) is 10.9. The van der Waals surface area contributed by atoms with E-state index in [0.717, 1.165) is 41.1 Å². The van der Waals surface area contributed by atoms with E-state index in [2.05, 4.69) is 28.2 Å². The van der Waals surface area contributed by atoms with Crippen LogP contribution in [0.15, 0.2) is 36.4 Å². The van der Waals surface area contributed by atoms with E-state index < -0.39 is 0 Å². The first-order chi connectivity index (χ1) is 15.2. The lowest BCUT2D eigenvalue weighted by Gasteiger charge is -2.35. The van der Waals surface area contributed by atoms with Crippen molar-refractivity contribution in [3.8, 4) is 0 Å². The van der Waals surface area contributed by atoms with Crippen molar-refractivity contribution in [2.75, 3.05) is 49.5 Å². The largest absolute Gasteiger partial charge is 0.396 e. The monoisotopic (exact) mass is 439 g/mol. The molecule has 0 radical (unpaired) electrons. The number of carbonyl (C=O) groups is 1. The zero-order valence-electron chi connectivity index (χ0n) is 17.9. The fourth-order valence-corrected chi connectivity index (χ4v) is 4.74. The number of hydrogen-bond acceptors (Lipinski definition) is 7. The predicted molar refractivity (Wildman–Crippen MR) is 126 cm³/mol. The number of piperazine rings is 1. The van der Waals surface area contributed by atoms with Crippen molar-refractivity contribution >= 4 is 39.2 Å². The van der Waals surface area contributed by atoms with Crippen LogP contribution >= 0.6 is 11.3 Å². The Morgan fingerprint density at radius 3 is 2.65 bits per heavy atom. The van der Waals surface area contributed by atoms with Crippen molar-refractivity contribution in [1.29, 1.82) is 0 Å². The third-order valence-electron chi connectivity index (χ3n) is 5.52. The van der Waals surface area contributed by atoms with Gasteiger partial charge in [0.15, 0.2) is 0 Å². The molecular weight excluding hydrogens is 410 g/mol. The van der Waals surface area contributed by atoms with Crippen LogP contribution in [0.4, 0.5) is 11.8 Å². The molecule has 1 aliphatic heterocycles. The minimum atomic E-state index is 0.139. The van der Waals surface area contributed by atoms with Gasteiger partial charge in [-0.05, 0) is 24.5 Å². The van der Waals surface area contributed by atoms with Gasteiger partial charge in [-0.15, -0.1) is 11.3 Å². The van der Waals surface area contributed by atoms with Crippen LogP contribution in [0.2, 0.25) is 0 Å². The van der Waals surface area contributed by atoms with Crippen LogP contribution < -0.4 is 10.2 Å². The summed E-state index contributed by atoms with van der Waals surface area (Å²) in [5, 5.41) is 13.4. The number of aliphatic hydroxyl groups excluding tert-OH is 1. The zero-order chi connectivity index (χ0) is 21.6. The standard InChI is InChI=1S/C23H29N5O2S/c1-2-18-16-19-21(25-23(24-9-6-14-29)26-22(19)31-18)28-12-10-27(11-13-28)20(30)15-17-7-4-3-5-8-17/h3-5,7-8,16,29H,2,6,9-15H2,1H3,(H,24,25,26). The second-order valence-corrected chi connectivity index (χ2v) is 8.81. The molecule has 0 saturated carbocycles. The topological polar surface area (TPSA) is 81.6 Å². The van der Waals surface area contributed by atoms with E-state index in [9.17, 15) is 4.79 Å². The number of aliphatic hydroxyl groups is 1. The zero-order valence-corrected chi connectivity index (χ0v) is 18.7. The Balaban J connectivity index is 1.48. The number of fused-ring (bicyclic) bond motifs is 1. The molecule has 1 aromatic carbocycles. The lowest BCUT2D eigenvalue weighted by molar-refractivity contribution is -0.130. The molecule has 0 atom stereocenters. The molecule has 1 aliphatic rings. The Hall–Kier alpha value is -2.71. The summed E-state index contributed by atoms with van der Waals surface area (Å²) in [6.07, 6.45) is 2.07. The van der Waals surface area contributed by atoms with Crippen molar-refractivity contribution in [3.05, 3.63) is 46.8 Å². The first kappa shape index (κ1) is 21.5. The van der Waals surface area contributed by atoms with Crippen LogP contribution in [0, 0.1) is 0 Å². The highest BCUT2D eigenvalue weighted by molar-refractivity contribution is 7.18. The maximum atomic E-state index is 12.7. The number of amides is 1. The van der Waals surface area contributed by atoms with Gasteiger partial charge in [-0.25, -0.2) is 4.98 Å². The second kappa shape index (κ2) is 10.1. The third kappa shape index (κ3) is 5.14. The summed E-state index contributed by atoms with van der Waals surface area (Å²) in [6, 6.07) is 12.1. The molecule has 2 N–H and O–H groups in total. The molecule has 3 aromatic rings. The van der Waals surface area contributed by atoms with E-state index in [-0.39, 0.29) is 12.5 Å². The lowest BCUT2D eigenvalue weighted by Crippen LogP contribution is -2.49. The second-order valence-electron chi connectivity index (χ2n) is 7.69. The van der Waals surface area contributed by atoms with E-state index in [1.807, 2.05) is 35.2 Å². The Morgan fingerprint density at radius 1 is 1.16 bits per heavy atom. The van der Waals surface area contributed by atoms with Gasteiger partial charge in [0.05, 0.1) is 11.8 Å². The Kier molecular flexibility index (Phi) is 6.99. The quantitative estimate of drug-likeness (QED) is 0.525. The number of nitrogens with zero attached hydrogens (tertiary/aromatic N) is 4. The number of nitrogens with one attached hydrogen (secondary N) is 1. The Labute approximate surface area is 186 Å². The van der Waals surface area contributed by atoms with Gasteiger partial charge in [0, 0.05) is 44.2 Å². The molecule has 3 heterocycles. The molecule has 4 rings (SSSR count). The van der Waals surface area contributed by atoms with Crippen molar-refractivity contribution in [2.24, 2.45) is 0 Å². The van der Waals surface area contributed by atoms with Crippen molar-refractivity contribution in [3.63, 3.8) is 0 Å². The molecule has 1 fully saturated rings. The van der Waals surface area contributed by atoms with E-state index >= 15 is 0 Å². The average molecular weight is 440 g/mol. The lowest BCUT2D eigenvalue weighted by atomic mass is 10.1. The van der Waals surface area contributed by atoms with E-state index in [1.54, 1.807) is 11.3 Å². The molecule has 1 amide bonds. The summed E-state index contributed by atoms with van der Waals surface area (Å²) in [7, 11) is 0. The number of anilines is 2. The van der Waals surface area contributed by atoms with Crippen LogP contribution in [-0.2, 0) is 17.6 Å². The molecule has 31 heavy (non-hydrogen) atoms. The minimum absolute atomic E-state index is 0.139. The summed E-state index contributed by atoms with van der Waals surface area (Å²) in [6.45, 7) is 5.80. The maximum Gasteiger partial charge on any atom is 0.227 e. The summed E-state index contributed by atoms with van der Waals surface area (Å²) >= 11 is 1.70. The highest BCUT2D eigenvalue weighted by Gasteiger charge is 2.24. The van der Waals surface area contributed by atoms with Crippen LogP contribution in [0.5, 0.6) is 0 Å². The average Bonchev–Trinajstić information content (AvgIpc) is 3.23. The summed E-state index contributed by atoms with van der Waals surface area (Å²) in [4.78, 5) is 28.7. The predicted octanol–water partition coefficient (Wildman–Crippen LogP) is 2.94. The van der Waals surface area contributed by atoms with Crippen molar-refractivity contribution in [2.45, 2.75) is 26.2 Å². The fourth-order valence-electron chi connectivity index (χ4n) is 3.78. The number of hydrogen-bond donors (Lipinski definition) is 2. The maximum absolute atomic E-state index is 12.7. The van der Waals surface area contributed by atoms with Crippen molar-refractivity contribution < 1.29 is 9.90 Å². The van der Waals surface area contributed by atoms with Gasteiger partial charge >= 0.3 is 0 Å². The van der Waals surface area contributed by atoms with E-state index in [1.165, 1.54) is 4.88 Å². The molecule has 2 aromatic heterocycles. The molecule has 7 nitrogen and oxygen atoms in total. The normalized spacial score (nSPS) is 14.3. The highest BCUT2D eigenvalue weighted by Crippen LogP contribution is 2.33. The molecule has 0 aliphatic carbocycles. The number of benzene rings is 1. The third-order valence-corrected chi connectivity index (χ3v) is 6.69. The van der Waals surface area contributed by atoms with Gasteiger partial charge in [-0.1, -0.05) is 37.3 Å². The van der Waals surface area contributed by atoms with Crippen molar-refractivity contribution in [1.82, 2.24) is 14.9 Å². The molecule has 164 valence electrons. The van der Waals surface area contributed by atoms with Gasteiger partial charge in [0.25, 0.3) is 0 Å². The van der Waals surface area contributed by atoms with Gasteiger partial charge in [-0.3, -0.25) is 4.79 Å². The van der Waals surface area contributed by atoms with Gasteiger partial charge < -0.3 is 20.2 Å². The fraction of sp³-hybridized carbons (Fsp3) is 0.435. The van der Waals surface area contributed by atoms with Crippen LogP contribution in [0.25, 0.3) is 10.2 Å². The molecule has 1 saturated heterocycles. The van der Waals surface area contributed by atoms with Gasteiger partial charge in [0.2, 0.25) is 11.9 Å². The SMILES string of the molecule is CCc1cc2c(N3CCN(C(=O)Cc4ccccc4)CC3)nc(NCCCO)nc2s1. The van der Waals surface area contributed by atoms with Crippen LogP contribution in [-0.4, -0.2) is 65.2 Å². The molecule has 0 bridgehead atoms. The van der Waals surface area contributed by atoms with Crippen LogP contribution in [0.3, 0.4) is 0 Å². The van der Waals surface area contributed by atoms with E-state index in [4.69, 9.17) is 10.1 Å². The number of rotatable bonds is 8. The van der Waals surface area contributed by atoms with Crippen LogP contribution in [0.1, 0.15) is 23.8 Å². The molecule has 8 heteroatoms. The highest BCUT2D eigenvalue weighted by atomic mass is 32.1. The molecule has 0 unspecified atom stereocenters.